The number of hydrogen-bond acceptors (Lipinski definition) is 4. The van der Waals surface area contributed by atoms with Crippen molar-refractivity contribution in [3.8, 4) is 0 Å². The van der Waals surface area contributed by atoms with Crippen LogP contribution in [0.2, 0.25) is 0 Å². The number of pyridine rings is 1. The van der Waals surface area contributed by atoms with Gasteiger partial charge in [0.2, 0.25) is 0 Å². The van der Waals surface area contributed by atoms with Gasteiger partial charge in [-0.3, -0.25) is 25.4 Å². The summed E-state index contributed by atoms with van der Waals surface area (Å²) in [4.78, 5) is 27.1. The van der Waals surface area contributed by atoms with Crippen LogP contribution in [0.5, 0.6) is 0 Å². The van der Waals surface area contributed by atoms with E-state index in [0.717, 1.165) is 0 Å². The lowest BCUT2D eigenvalue weighted by atomic mass is 10.2. The van der Waals surface area contributed by atoms with Crippen LogP contribution in [0.4, 0.5) is 0 Å². The van der Waals surface area contributed by atoms with Gasteiger partial charge >= 0.3 is 0 Å². The van der Waals surface area contributed by atoms with Crippen LogP contribution in [-0.2, 0) is 9.53 Å². The second-order valence-corrected chi connectivity index (χ2v) is 4.53. The van der Waals surface area contributed by atoms with E-state index in [-0.39, 0.29) is 5.69 Å². The second kappa shape index (κ2) is 7.48. The fraction of sp³-hybridized carbons (Fsp3) is 0.462. The highest BCUT2D eigenvalue weighted by atomic mass is 16.5. The molecule has 1 aromatic heterocycles. The van der Waals surface area contributed by atoms with E-state index in [1.165, 1.54) is 6.20 Å². The molecule has 6 nitrogen and oxygen atoms in total. The van der Waals surface area contributed by atoms with Gasteiger partial charge in [-0.1, -0.05) is 19.9 Å². The molecular formula is C13H19N3O3. The summed E-state index contributed by atoms with van der Waals surface area (Å²) in [7, 11) is 0. The highest BCUT2D eigenvalue weighted by molar-refractivity contribution is 5.93. The molecule has 0 fully saturated rings. The Morgan fingerprint density at radius 1 is 1.26 bits per heavy atom. The number of amides is 2. The Morgan fingerprint density at radius 3 is 2.58 bits per heavy atom. The van der Waals surface area contributed by atoms with Gasteiger partial charge in [-0.25, -0.2) is 0 Å². The van der Waals surface area contributed by atoms with Crippen molar-refractivity contribution >= 4 is 11.8 Å². The van der Waals surface area contributed by atoms with E-state index >= 15 is 0 Å². The van der Waals surface area contributed by atoms with Gasteiger partial charge in [-0.2, -0.15) is 0 Å². The van der Waals surface area contributed by atoms with Gasteiger partial charge in [-0.15, -0.1) is 0 Å². The zero-order valence-corrected chi connectivity index (χ0v) is 11.3. The number of carbonyl (C=O) groups is 2. The van der Waals surface area contributed by atoms with Crippen LogP contribution in [-0.4, -0.2) is 29.5 Å². The standard InChI is InChI=1S/C13H19N3O3/c1-9(2)8-19-10(3)12(17)15-16-13(18)11-6-4-5-7-14-11/h4-7,9-10H,8H2,1-3H3,(H,15,17)(H,16,18)/t10-/m1/s1. The summed E-state index contributed by atoms with van der Waals surface area (Å²) in [6, 6.07) is 4.95. The van der Waals surface area contributed by atoms with Crippen molar-refractivity contribution in [3.63, 3.8) is 0 Å². The average Bonchev–Trinajstić information content (AvgIpc) is 2.42. The molecule has 0 unspecified atom stereocenters. The van der Waals surface area contributed by atoms with Crippen molar-refractivity contribution in [2.75, 3.05) is 6.61 Å². The second-order valence-electron chi connectivity index (χ2n) is 4.53. The monoisotopic (exact) mass is 265 g/mol. The average molecular weight is 265 g/mol. The van der Waals surface area contributed by atoms with E-state index < -0.39 is 17.9 Å². The SMILES string of the molecule is CC(C)CO[C@H](C)C(=O)NNC(=O)c1ccccn1. The number of aromatic nitrogens is 1. The third kappa shape index (κ3) is 5.48. The molecule has 1 aromatic rings. The lowest BCUT2D eigenvalue weighted by molar-refractivity contribution is -0.133. The number of carbonyl (C=O) groups excluding carboxylic acids is 2. The topological polar surface area (TPSA) is 80.3 Å². The molecule has 0 saturated heterocycles. The van der Waals surface area contributed by atoms with Crippen LogP contribution < -0.4 is 10.9 Å². The Hall–Kier alpha value is -1.95. The predicted octanol–water partition coefficient (Wildman–Crippen LogP) is 0.904. The maximum Gasteiger partial charge on any atom is 0.288 e. The number of hydrazine groups is 1. The molecule has 0 spiro atoms. The summed E-state index contributed by atoms with van der Waals surface area (Å²) in [5.74, 6) is -0.520. The first-order valence-corrected chi connectivity index (χ1v) is 6.13. The number of hydrogen-bond donors (Lipinski definition) is 2. The van der Waals surface area contributed by atoms with Crippen molar-refractivity contribution in [3.05, 3.63) is 30.1 Å². The van der Waals surface area contributed by atoms with E-state index in [1.54, 1.807) is 25.1 Å². The van der Waals surface area contributed by atoms with E-state index in [4.69, 9.17) is 4.74 Å². The van der Waals surface area contributed by atoms with Crippen molar-refractivity contribution in [1.82, 2.24) is 15.8 Å². The van der Waals surface area contributed by atoms with E-state index in [2.05, 4.69) is 15.8 Å². The molecule has 19 heavy (non-hydrogen) atoms. The van der Waals surface area contributed by atoms with Crippen LogP contribution in [0.3, 0.4) is 0 Å². The number of nitrogens with one attached hydrogen (secondary N) is 2. The highest BCUT2D eigenvalue weighted by Gasteiger charge is 2.15. The minimum atomic E-state index is -0.619. The maximum atomic E-state index is 11.6. The first kappa shape index (κ1) is 15.1. The minimum absolute atomic E-state index is 0.235. The third-order valence-electron chi connectivity index (χ3n) is 2.25. The smallest absolute Gasteiger partial charge is 0.288 e. The lowest BCUT2D eigenvalue weighted by Gasteiger charge is -2.15. The van der Waals surface area contributed by atoms with E-state index in [9.17, 15) is 9.59 Å². The van der Waals surface area contributed by atoms with Gasteiger partial charge in [0.05, 0.1) is 0 Å². The zero-order chi connectivity index (χ0) is 14.3. The first-order chi connectivity index (χ1) is 9.00. The van der Waals surface area contributed by atoms with Gasteiger partial charge in [0, 0.05) is 12.8 Å². The Morgan fingerprint density at radius 2 is 2.00 bits per heavy atom. The highest BCUT2D eigenvalue weighted by Crippen LogP contribution is 1.97. The van der Waals surface area contributed by atoms with Crippen LogP contribution in [0.15, 0.2) is 24.4 Å². The van der Waals surface area contributed by atoms with Crippen molar-refractivity contribution < 1.29 is 14.3 Å². The molecule has 0 aliphatic rings. The van der Waals surface area contributed by atoms with Crippen molar-refractivity contribution in [2.45, 2.75) is 26.9 Å². The van der Waals surface area contributed by atoms with Gasteiger partial charge in [0.25, 0.3) is 11.8 Å². The van der Waals surface area contributed by atoms with Gasteiger partial charge in [0.15, 0.2) is 0 Å². The van der Waals surface area contributed by atoms with Gasteiger partial charge in [0.1, 0.15) is 11.8 Å². The Balaban J connectivity index is 2.36. The predicted molar refractivity (Wildman–Crippen MR) is 70.1 cm³/mol. The zero-order valence-electron chi connectivity index (χ0n) is 11.3. The molecule has 1 atom stereocenters. The van der Waals surface area contributed by atoms with Crippen molar-refractivity contribution in [1.29, 1.82) is 0 Å². The summed E-state index contributed by atoms with van der Waals surface area (Å²) in [5, 5.41) is 0. The molecular weight excluding hydrogens is 246 g/mol. The largest absolute Gasteiger partial charge is 0.368 e. The third-order valence-corrected chi connectivity index (χ3v) is 2.25. The Labute approximate surface area is 112 Å². The molecule has 0 radical (unpaired) electrons. The van der Waals surface area contributed by atoms with Gasteiger partial charge in [-0.05, 0) is 25.0 Å². The molecule has 1 rings (SSSR count). The van der Waals surface area contributed by atoms with Gasteiger partial charge < -0.3 is 4.74 Å². The molecule has 104 valence electrons. The molecule has 6 heteroatoms. The summed E-state index contributed by atoms with van der Waals surface area (Å²) >= 11 is 0. The molecule has 0 aliphatic heterocycles. The molecule has 0 aromatic carbocycles. The minimum Gasteiger partial charge on any atom is -0.368 e. The van der Waals surface area contributed by atoms with Crippen molar-refractivity contribution in [2.24, 2.45) is 5.92 Å². The fourth-order valence-corrected chi connectivity index (χ4v) is 1.19. The van der Waals surface area contributed by atoms with E-state index in [1.807, 2.05) is 13.8 Å². The molecule has 0 saturated carbocycles. The number of ether oxygens (including phenoxy) is 1. The quantitative estimate of drug-likeness (QED) is 0.775. The number of rotatable bonds is 5. The van der Waals surface area contributed by atoms with E-state index in [0.29, 0.717) is 12.5 Å². The summed E-state index contributed by atoms with van der Waals surface area (Å²) in [6.07, 6.45) is 0.886. The van der Waals surface area contributed by atoms with Crippen LogP contribution in [0.25, 0.3) is 0 Å². The number of nitrogens with zero attached hydrogens (tertiary/aromatic N) is 1. The molecule has 0 aliphatic carbocycles. The summed E-state index contributed by atoms with van der Waals surface area (Å²) in [5.41, 5.74) is 4.82. The molecule has 2 N–H and O–H groups in total. The lowest BCUT2D eigenvalue weighted by Crippen LogP contribution is -2.46. The maximum absolute atomic E-state index is 11.6. The Bertz CT molecular complexity index is 420. The normalized spacial score (nSPS) is 12.0. The molecule has 1 heterocycles. The fourth-order valence-electron chi connectivity index (χ4n) is 1.19. The summed E-state index contributed by atoms with van der Waals surface area (Å²) < 4.78 is 5.32. The Kier molecular flexibility index (Phi) is 5.95. The first-order valence-electron chi connectivity index (χ1n) is 6.13. The van der Waals surface area contributed by atoms with Crippen LogP contribution >= 0.6 is 0 Å². The van der Waals surface area contributed by atoms with Crippen LogP contribution in [0, 0.1) is 5.92 Å². The molecule has 2 amide bonds. The van der Waals surface area contributed by atoms with Crippen LogP contribution in [0.1, 0.15) is 31.3 Å². The summed E-state index contributed by atoms with van der Waals surface area (Å²) in [6.45, 7) is 6.11. The molecule has 0 bridgehead atoms.